The summed E-state index contributed by atoms with van der Waals surface area (Å²) in [5, 5.41) is 3.00. The number of methoxy groups -OCH3 is 2. The first-order valence-corrected chi connectivity index (χ1v) is 8.27. The van der Waals surface area contributed by atoms with Gasteiger partial charge in [-0.2, -0.15) is 0 Å². The molecule has 1 amide bonds. The lowest BCUT2D eigenvalue weighted by Crippen LogP contribution is -2.38. The summed E-state index contributed by atoms with van der Waals surface area (Å²) in [5.41, 5.74) is 1.13. The summed E-state index contributed by atoms with van der Waals surface area (Å²) in [6.45, 7) is 6.30. The smallest absolute Gasteiger partial charge is 0.234 e. The third kappa shape index (κ3) is 4.61. The van der Waals surface area contributed by atoms with E-state index in [1.54, 1.807) is 14.2 Å². The Labute approximate surface area is 139 Å². The van der Waals surface area contributed by atoms with Crippen LogP contribution in [0.15, 0.2) is 18.2 Å². The predicted octanol–water partition coefficient (Wildman–Crippen LogP) is 2.61. The predicted molar refractivity (Wildman–Crippen MR) is 90.9 cm³/mol. The van der Waals surface area contributed by atoms with E-state index in [4.69, 9.17) is 9.47 Å². The van der Waals surface area contributed by atoms with Gasteiger partial charge < -0.3 is 14.8 Å². The Morgan fingerprint density at radius 3 is 2.78 bits per heavy atom. The Hall–Kier alpha value is -1.75. The number of nitrogens with one attached hydrogen (secondary N) is 1. The van der Waals surface area contributed by atoms with Gasteiger partial charge in [-0.3, -0.25) is 9.69 Å². The fraction of sp³-hybridized carbons (Fsp3) is 0.611. The largest absolute Gasteiger partial charge is 0.497 e. The number of carbonyl (C=O) groups excluding carboxylic acids is 1. The van der Waals surface area contributed by atoms with Gasteiger partial charge in [0.1, 0.15) is 11.5 Å². The van der Waals surface area contributed by atoms with Crippen LogP contribution in [0.3, 0.4) is 0 Å². The second-order valence-electron chi connectivity index (χ2n) is 6.43. The molecule has 1 aliphatic heterocycles. The molecule has 0 bridgehead atoms. The van der Waals surface area contributed by atoms with Crippen molar-refractivity contribution < 1.29 is 14.3 Å². The van der Waals surface area contributed by atoms with Crippen molar-refractivity contribution in [1.82, 2.24) is 10.2 Å². The van der Waals surface area contributed by atoms with E-state index in [9.17, 15) is 4.79 Å². The van der Waals surface area contributed by atoms with E-state index in [1.165, 1.54) is 0 Å². The molecule has 0 saturated carbocycles. The number of nitrogens with zero attached hydrogens (tertiary/aromatic N) is 1. The van der Waals surface area contributed by atoms with Gasteiger partial charge in [0.2, 0.25) is 5.91 Å². The highest BCUT2D eigenvalue weighted by atomic mass is 16.5. The molecule has 128 valence electrons. The number of amides is 1. The number of ether oxygens (including phenoxy) is 2. The van der Waals surface area contributed by atoms with Crippen LogP contribution >= 0.6 is 0 Å². The topological polar surface area (TPSA) is 50.8 Å². The molecule has 1 aliphatic rings. The summed E-state index contributed by atoms with van der Waals surface area (Å²) in [4.78, 5) is 14.4. The normalized spacial score (nSPS) is 18.2. The van der Waals surface area contributed by atoms with E-state index in [0.717, 1.165) is 43.0 Å². The lowest BCUT2D eigenvalue weighted by Gasteiger charge is -2.26. The molecule has 1 aromatic rings. The van der Waals surface area contributed by atoms with Crippen molar-refractivity contribution >= 4 is 5.91 Å². The molecule has 1 saturated heterocycles. The minimum Gasteiger partial charge on any atom is -0.497 e. The first-order chi connectivity index (χ1) is 11.0. The molecule has 0 aromatic heterocycles. The van der Waals surface area contributed by atoms with Crippen LogP contribution in [0.1, 0.15) is 38.3 Å². The molecule has 23 heavy (non-hydrogen) atoms. The van der Waals surface area contributed by atoms with Crippen LogP contribution in [0, 0.1) is 5.92 Å². The fourth-order valence-corrected chi connectivity index (χ4v) is 3.02. The first-order valence-electron chi connectivity index (χ1n) is 8.27. The minimum absolute atomic E-state index is 0.0954. The molecule has 1 N–H and O–H groups in total. The molecule has 2 rings (SSSR count). The van der Waals surface area contributed by atoms with Crippen LogP contribution in [0.4, 0.5) is 0 Å². The molecule has 5 nitrogen and oxygen atoms in total. The third-order valence-electron chi connectivity index (χ3n) is 4.22. The summed E-state index contributed by atoms with van der Waals surface area (Å²) in [6, 6.07) is 6.13. The molecule has 0 aliphatic carbocycles. The number of likely N-dealkylation sites (tertiary alicyclic amines) is 1. The van der Waals surface area contributed by atoms with Crippen LogP contribution in [-0.2, 0) is 4.79 Å². The SMILES string of the molecule is COc1ccc([C@H]2CCCN2CC(=O)NCC(C)C)c(OC)c1. The van der Waals surface area contributed by atoms with Crippen LogP contribution < -0.4 is 14.8 Å². The third-order valence-corrected chi connectivity index (χ3v) is 4.22. The van der Waals surface area contributed by atoms with Gasteiger partial charge >= 0.3 is 0 Å². The van der Waals surface area contributed by atoms with Crippen LogP contribution in [0.25, 0.3) is 0 Å². The molecule has 1 atom stereocenters. The molecule has 0 radical (unpaired) electrons. The summed E-state index contributed by atoms with van der Waals surface area (Å²) in [6.07, 6.45) is 2.14. The highest BCUT2D eigenvalue weighted by Gasteiger charge is 2.29. The molecule has 1 heterocycles. The number of hydrogen-bond acceptors (Lipinski definition) is 4. The van der Waals surface area contributed by atoms with E-state index in [-0.39, 0.29) is 11.9 Å². The van der Waals surface area contributed by atoms with E-state index in [2.05, 4.69) is 24.1 Å². The Balaban J connectivity index is 2.08. The zero-order valence-corrected chi connectivity index (χ0v) is 14.6. The van der Waals surface area contributed by atoms with Crippen LogP contribution in [-0.4, -0.2) is 44.7 Å². The highest BCUT2D eigenvalue weighted by molar-refractivity contribution is 5.78. The molecular formula is C18H28N2O3. The molecular weight excluding hydrogens is 292 g/mol. The van der Waals surface area contributed by atoms with Crippen molar-refractivity contribution in [2.75, 3.05) is 33.9 Å². The van der Waals surface area contributed by atoms with Crippen LogP contribution in [0.2, 0.25) is 0 Å². The average molecular weight is 320 g/mol. The van der Waals surface area contributed by atoms with E-state index >= 15 is 0 Å². The van der Waals surface area contributed by atoms with Gasteiger partial charge in [-0.1, -0.05) is 19.9 Å². The Bertz CT molecular complexity index is 531. The van der Waals surface area contributed by atoms with Gasteiger partial charge in [-0.15, -0.1) is 0 Å². The van der Waals surface area contributed by atoms with Crippen molar-refractivity contribution in [2.45, 2.75) is 32.7 Å². The first kappa shape index (κ1) is 17.6. The Kier molecular flexibility index (Phi) is 6.28. The van der Waals surface area contributed by atoms with Crippen molar-refractivity contribution in [3.05, 3.63) is 23.8 Å². The molecule has 0 unspecified atom stereocenters. The Morgan fingerprint density at radius 1 is 1.35 bits per heavy atom. The molecule has 1 fully saturated rings. The quantitative estimate of drug-likeness (QED) is 0.839. The van der Waals surface area contributed by atoms with Crippen molar-refractivity contribution in [3.8, 4) is 11.5 Å². The average Bonchev–Trinajstić information content (AvgIpc) is 3.00. The molecule has 1 aromatic carbocycles. The van der Waals surface area contributed by atoms with E-state index in [1.807, 2.05) is 18.2 Å². The van der Waals surface area contributed by atoms with Gasteiger partial charge in [0.25, 0.3) is 0 Å². The maximum Gasteiger partial charge on any atom is 0.234 e. The van der Waals surface area contributed by atoms with Crippen LogP contribution in [0.5, 0.6) is 11.5 Å². The Morgan fingerprint density at radius 2 is 2.13 bits per heavy atom. The molecule has 0 spiro atoms. The van der Waals surface area contributed by atoms with Gasteiger partial charge in [0, 0.05) is 24.2 Å². The minimum atomic E-state index is 0.0954. The summed E-state index contributed by atoms with van der Waals surface area (Å²) < 4.78 is 10.8. The lowest BCUT2D eigenvalue weighted by molar-refractivity contribution is -0.122. The van der Waals surface area contributed by atoms with Gasteiger partial charge in [0.15, 0.2) is 0 Å². The highest BCUT2D eigenvalue weighted by Crippen LogP contribution is 2.38. The zero-order valence-electron chi connectivity index (χ0n) is 14.6. The van der Waals surface area contributed by atoms with Crippen molar-refractivity contribution in [1.29, 1.82) is 0 Å². The standard InChI is InChI=1S/C18H28N2O3/c1-13(2)11-19-18(21)12-20-9-5-6-16(20)15-8-7-14(22-3)10-17(15)23-4/h7-8,10,13,16H,5-6,9,11-12H2,1-4H3,(H,19,21)/t16-/m1/s1. The zero-order chi connectivity index (χ0) is 16.8. The second-order valence-corrected chi connectivity index (χ2v) is 6.43. The monoisotopic (exact) mass is 320 g/mol. The van der Waals surface area contributed by atoms with Gasteiger partial charge in [0.05, 0.1) is 20.8 Å². The second kappa shape index (κ2) is 8.20. The summed E-state index contributed by atoms with van der Waals surface area (Å²) in [5.74, 6) is 2.17. The molecule has 5 heteroatoms. The maximum atomic E-state index is 12.1. The van der Waals surface area contributed by atoms with E-state index < -0.39 is 0 Å². The van der Waals surface area contributed by atoms with E-state index in [0.29, 0.717) is 12.5 Å². The van der Waals surface area contributed by atoms with Gasteiger partial charge in [-0.25, -0.2) is 0 Å². The summed E-state index contributed by atoms with van der Waals surface area (Å²) >= 11 is 0. The van der Waals surface area contributed by atoms with Crippen molar-refractivity contribution in [2.24, 2.45) is 5.92 Å². The van der Waals surface area contributed by atoms with Crippen molar-refractivity contribution in [3.63, 3.8) is 0 Å². The van der Waals surface area contributed by atoms with Gasteiger partial charge in [-0.05, 0) is 31.4 Å². The lowest BCUT2D eigenvalue weighted by atomic mass is 10.0. The number of hydrogen-bond donors (Lipinski definition) is 1. The fourth-order valence-electron chi connectivity index (χ4n) is 3.02. The summed E-state index contributed by atoms with van der Waals surface area (Å²) in [7, 11) is 3.32. The number of rotatable bonds is 7. The number of carbonyl (C=O) groups is 1. The maximum absolute atomic E-state index is 12.1. The number of benzene rings is 1.